The van der Waals surface area contributed by atoms with Gasteiger partial charge in [0.1, 0.15) is 0 Å². The average Bonchev–Trinajstić information content (AvgIpc) is 2.16. The van der Waals surface area contributed by atoms with E-state index in [1.165, 1.54) is 58.4 Å². The molecule has 2 saturated heterocycles. The highest BCUT2D eigenvalue weighted by molar-refractivity contribution is 4.95. The first-order chi connectivity index (χ1) is 7.20. The largest absolute Gasteiger partial charge is 0.316 e. The number of likely N-dealkylation sites (tertiary alicyclic amines) is 1. The standard InChI is InChI=1S/C13H26N2/c1-12(2)4-3-7-15-8-5-13(6-9-15)10-14-11-13/h12,14H,3-11H2,1-2H3. The molecule has 0 amide bonds. The van der Waals surface area contributed by atoms with E-state index in [4.69, 9.17) is 0 Å². The third kappa shape index (κ3) is 2.94. The lowest BCUT2D eigenvalue weighted by molar-refractivity contribution is 0.0544. The van der Waals surface area contributed by atoms with E-state index in [0.29, 0.717) is 5.41 Å². The van der Waals surface area contributed by atoms with Crippen molar-refractivity contribution in [3.8, 4) is 0 Å². The lowest BCUT2D eigenvalue weighted by Gasteiger charge is -2.48. The van der Waals surface area contributed by atoms with Gasteiger partial charge in [-0.25, -0.2) is 0 Å². The van der Waals surface area contributed by atoms with Crippen LogP contribution >= 0.6 is 0 Å². The molecule has 2 aliphatic heterocycles. The molecule has 2 aliphatic rings. The molecule has 2 heteroatoms. The van der Waals surface area contributed by atoms with Crippen LogP contribution in [0.5, 0.6) is 0 Å². The fourth-order valence-corrected chi connectivity index (χ4v) is 2.81. The summed E-state index contributed by atoms with van der Waals surface area (Å²) in [7, 11) is 0. The molecule has 0 aromatic rings. The van der Waals surface area contributed by atoms with Gasteiger partial charge in [-0.05, 0) is 56.7 Å². The molecule has 0 aromatic heterocycles. The Morgan fingerprint density at radius 3 is 2.33 bits per heavy atom. The number of nitrogens with one attached hydrogen (secondary N) is 1. The molecule has 2 fully saturated rings. The summed E-state index contributed by atoms with van der Waals surface area (Å²) in [6, 6.07) is 0. The van der Waals surface area contributed by atoms with E-state index < -0.39 is 0 Å². The molecule has 2 rings (SSSR count). The van der Waals surface area contributed by atoms with Crippen molar-refractivity contribution in [3.05, 3.63) is 0 Å². The molecule has 88 valence electrons. The lowest BCUT2D eigenvalue weighted by Crippen LogP contribution is -2.58. The van der Waals surface area contributed by atoms with Crippen molar-refractivity contribution in [1.82, 2.24) is 10.2 Å². The molecule has 0 unspecified atom stereocenters. The molecule has 0 radical (unpaired) electrons. The van der Waals surface area contributed by atoms with Crippen LogP contribution in [0.15, 0.2) is 0 Å². The van der Waals surface area contributed by atoms with Crippen LogP contribution in [0.4, 0.5) is 0 Å². The van der Waals surface area contributed by atoms with Crippen molar-refractivity contribution < 1.29 is 0 Å². The Morgan fingerprint density at radius 1 is 1.20 bits per heavy atom. The Balaban J connectivity index is 1.61. The first-order valence-corrected chi connectivity index (χ1v) is 6.63. The minimum absolute atomic E-state index is 0.717. The molecule has 0 aromatic carbocycles. The van der Waals surface area contributed by atoms with Gasteiger partial charge < -0.3 is 10.2 Å². The Bertz CT molecular complexity index is 187. The van der Waals surface area contributed by atoms with Gasteiger partial charge in [-0.3, -0.25) is 0 Å². The molecule has 1 N–H and O–H groups in total. The molecule has 0 saturated carbocycles. The summed E-state index contributed by atoms with van der Waals surface area (Å²) >= 11 is 0. The van der Waals surface area contributed by atoms with Gasteiger partial charge >= 0.3 is 0 Å². The van der Waals surface area contributed by atoms with E-state index in [9.17, 15) is 0 Å². The van der Waals surface area contributed by atoms with Gasteiger partial charge in [0.2, 0.25) is 0 Å². The van der Waals surface area contributed by atoms with E-state index in [0.717, 1.165) is 5.92 Å². The summed E-state index contributed by atoms with van der Waals surface area (Å²) in [6.45, 7) is 11.2. The molecular formula is C13H26N2. The van der Waals surface area contributed by atoms with Gasteiger partial charge in [0, 0.05) is 13.1 Å². The summed E-state index contributed by atoms with van der Waals surface area (Å²) in [6.07, 6.45) is 5.65. The van der Waals surface area contributed by atoms with Crippen LogP contribution in [0.2, 0.25) is 0 Å². The minimum Gasteiger partial charge on any atom is -0.316 e. The van der Waals surface area contributed by atoms with Gasteiger partial charge in [-0.2, -0.15) is 0 Å². The average molecular weight is 210 g/mol. The second kappa shape index (κ2) is 4.84. The predicted molar refractivity (Wildman–Crippen MR) is 65.0 cm³/mol. The number of hydrogen-bond donors (Lipinski definition) is 1. The van der Waals surface area contributed by atoms with E-state index in [1.54, 1.807) is 0 Å². The summed E-state index contributed by atoms with van der Waals surface area (Å²) in [4.78, 5) is 2.67. The highest BCUT2D eigenvalue weighted by atomic mass is 15.1. The number of rotatable bonds is 4. The van der Waals surface area contributed by atoms with E-state index >= 15 is 0 Å². The Labute approximate surface area is 94.4 Å². The molecule has 2 nitrogen and oxygen atoms in total. The van der Waals surface area contributed by atoms with Crippen LogP contribution in [0, 0.1) is 11.3 Å². The maximum atomic E-state index is 3.43. The second-order valence-corrected chi connectivity index (χ2v) is 5.98. The van der Waals surface area contributed by atoms with Crippen molar-refractivity contribution in [2.24, 2.45) is 11.3 Å². The van der Waals surface area contributed by atoms with E-state index in [1.807, 2.05) is 0 Å². The molecule has 1 spiro atoms. The first-order valence-electron chi connectivity index (χ1n) is 6.63. The zero-order valence-electron chi connectivity index (χ0n) is 10.4. The Hall–Kier alpha value is -0.0800. The SMILES string of the molecule is CC(C)CCCN1CCC2(CC1)CNC2. The maximum absolute atomic E-state index is 3.43. The monoisotopic (exact) mass is 210 g/mol. The number of hydrogen-bond acceptors (Lipinski definition) is 2. The highest BCUT2D eigenvalue weighted by Crippen LogP contribution is 2.34. The van der Waals surface area contributed by atoms with E-state index in [-0.39, 0.29) is 0 Å². The Kier molecular flexibility index (Phi) is 3.68. The van der Waals surface area contributed by atoms with Crippen molar-refractivity contribution >= 4 is 0 Å². The Morgan fingerprint density at radius 2 is 1.87 bits per heavy atom. The summed E-state index contributed by atoms with van der Waals surface area (Å²) < 4.78 is 0. The smallest absolute Gasteiger partial charge is 0.00212 e. The summed E-state index contributed by atoms with van der Waals surface area (Å²) in [5.41, 5.74) is 0.717. The number of piperidine rings is 1. The third-order valence-corrected chi connectivity index (χ3v) is 4.17. The lowest BCUT2D eigenvalue weighted by atomic mass is 9.73. The van der Waals surface area contributed by atoms with Gasteiger partial charge in [0.15, 0.2) is 0 Å². The minimum atomic E-state index is 0.717. The molecule has 2 heterocycles. The maximum Gasteiger partial charge on any atom is 0.00212 e. The second-order valence-electron chi connectivity index (χ2n) is 5.98. The zero-order chi connectivity index (χ0) is 10.7. The topological polar surface area (TPSA) is 15.3 Å². The van der Waals surface area contributed by atoms with Crippen LogP contribution in [-0.4, -0.2) is 37.6 Å². The molecule has 0 bridgehead atoms. The van der Waals surface area contributed by atoms with Gasteiger partial charge in [0.25, 0.3) is 0 Å². The fraction of sp³-hybridized carbons (Fsp3) is 1.00. The molecule has 0 atom stereocenters. The van der Waals surface area contributed by atoms with Crippen molar-refractivity contribution in [2.75, 3.05) is 32.7 Å². The van der Waals surface area contributed by atoms with Crippen molar-refractivity contribution in [2.45, 2.75) is 39.5 Å². The summed E-state index contributed by atoms with van der Waals surface area (Å²) in [5, 5.41) is 3.43. The molecule has 0 aliphatic carbocycles. The zero-order valence-corrected chi connectivity index (χ0v) is 10.4. The highest BCUT2D eigenvalue weighted by Gasteiger charge is 2.39. The predicted octanol–water partition coefficient (Wildman–Crippen LogP) is 2.11. The quantitative estimate of drug-likeness (QED) is 0.764. The third-order valence-electron chi connectivity index (χ3n) is 4.17. The molecular weight excluding hydrogens is 184 g/mol. The van der Waals surface area contributed by atoms with Crippen LogP contribution in [0.25, 0.3) is 0 Å². The van der Waals surface area contributed by atoms with Crippen LogP contribution in [0.3, 0.4) is 0 Å². The molecule has 15 heavy (non-hydrogen) atoms. The van der Waals surface area contributed by atoms with Gasteiger partial charge in [0.05, 0.1) is 0 Å². The van der Waals surface area contributed by atoms with Crippen LogP contribution in [0.1, 0.15) is 39.5 Å². The van der Waals surface area contributed by atoms with Crippen LogP contribution < -0.4 is 5.32 Å². The van der Waals surface area contributed by atoms with E-state index in [2.05, 4.69) is 24.1 Å². The van der Waals surface area contributed by atoms with Crippen molar-refractivity contribution in [3.63, 3.8) is 0 Å². The van der Waals surface area contributed by atoms with Gasteiger partial charge in [-0.1, -0.05) is 13.8 Å². The first kappa shape index (κ1) is 11.4. The van der Waals surface area contributed by atoms with Gasteiger partial charge in [-0.15, -0.1) is 0 Å². The fourth-order valence-electron chi connectivity index (χ4n) is 2.81. The van der Waals surface area contributed by atoms with Crippen LogP contribution in [-0.2, 0) is 0 Å². The normalized spacial score (nSPS) is 25.8. The number of nitrogens with zero attached hydrogens (tertiary/aromatic N) is 1. The van der Waals surface area contributed by atoms with Crippen molar-refractivity contribution in [1.29, 1.82) is 0 Å². The summed E-state index contributed by atoms with van der Waals surface area (Å²) in [5.74, 6) is 0.872.